The van der Waals surface area contributed by atoms with Gasteiger partial charge in [-0.2, -0.15) is 0 Å². The molecule has 0 bridgehead atoms. The molecule has 5 nitrogen and oxygen atoms in total. The largest absolute Gasteiger partial charge is 0.483 e. The number of halogens is 1. The number of benzene rings is 2. The van der Waals surface area contributed by atoms with Gasteiger partial charge in [-0.05, 0) is 63.9 Å². The second kappa shape index (κ2) is 10.4. The van der Waals surface area contributed by atoms with Gasteiger partial charge in [0, 0.05) is 17.1 Å². The predicted molar refractivity (Wildman–Crippen MR) is 119 cm³/mol. The third kappa shape index (κ3) is 6.89. The molecular weight excluding hydrogens is 432 g/mol. The molecule has 0 aliphatic carbocycles. The number of carbonyl (C=O) groups is 2. The molecule has 0 heterocycles. The van der Waals surface area contributed by atoms with Crippen LogP contribution in [0.4, 0.5) is 0 Å². The first kappa shape index (κ1) is 22.9. The van der Waals surface area contributed by atoms with Crippen LogP contribution in [0.15, 0.2) is 46.9 Å². The van der Waals surface area contributed by atoms with Crippen molar-refractivity contribution in [2.24, 2.45) is 0 Å². The highest BCUT2D eigenvalue weighted by atomic mass is 79.9. The standard InChI is InChI=1S/C23H29BrN2O3/c1-15(2)25-23(28)18(5)26(13-19-7-6-8-20(24)12-19)22(27)14-29-21-10-9-16(3)11-17(21)4/h6-12,15,18H,13-14H2,1-5H3,(H,25,28)/t18-/m0/s1. The van der Waals surface area contributed by atoms with E-state index >= 15 is 0 Å². The zero-order chi connectivity index (χ0) is 21.6. The van der Waals surface area contributed by atoms with Crippen LogP contribution in [0.3, 0.4) is 0 Å². The molecule has 0 unspecified atom stereocenters. The molecule has 0 spiro atoms. The summed E-state index contributed by atoms with van der Waals surface area (Å²) in [6, 6.07) is 12.9. The molecule has 2 amide bonds. The van der Waals surface area contributed by atoms with Crippen LogP contribution in [-0.2, 0) is 16.1 Å². The third-order valence-electron chi connectivity index (χ3n) is 4.52. The first-order valence-electron chi connectivity index (χ1n) is 9.71. The number of rotatable bonds is 8. The van der Waals surface area contributed by atoms with Crippen LogP contribution in [0.25, 0.3) is 0 Å². The summed E-state index contributed by atoms with van der Waals surface area (Å²) in [6.45, 7) is 9.69. The zero-order valence-corrected chi connectivity index (χ0v) is 19.2. The molecular formula is C23H29BrN2O3. The third-order valence-corrected chi connectivity index (χ3v) is 5.02. The van der Waals surface area contributed by atoms with Crippen LogP contribution in [0.2, 0.25) is 0 Å². The van der Waals surface area contributed by atoms with Crippen LogP contribution >= 0.6 is 15.9 Å². The maximum atomic E-state index is 13.0. The van der Waals surface area contributed by atoms with Crippen molar-refractivity contribution in [3.63, 3.8) is 0 Å². The molecule has 0 aliphatic heterocycles. The Morgan fingerprint density at radius 3 is 2.45 bits per heavy atom. The molecule has 2 rings (SSSR count). The van der Waals surface area contributed by atoms with E-state index in [0.29, 0.717) is 12.3 Å². The molecule has 0 aliphatic rings. The van der Waals surface area contributed by atoms with Crippen molar-refractivity contribution >= 4 is 27.7 Å². The lowest BCUT2D eigenvalue weighted by Crippen LogP contribution is -2.50. The fourth-order valence-electron chi connectivity index (χ4n) is 3.00. The SMILES string of the molecule is Cc1ccc(OCC(=O)N(Cc2cccc(Br)c2)[C@@H](C)C(=O)NC(C)C)c(C)c1. The lowest BCUT2D eigenvalue weighted by molar-refractivity contribution is -0.142. The molecule has 0 aromatic heterocycles. The Kier molecular flexibility index (Phi) is 8.26. The van der Waals surface area contributed by atoms with Crippen LogP contribution in [0, 0.1) is 13.8 Å². The molecule has 156 valence electrons. The summed E-state index contributed by atoms with van der Waals surface area (Å²) >= 11 is 3.46. The minimum absolute atomic E-state index is 0.000713. The quantitative estimate of drug-likeness (QED) is 0.635. The molecule has 0 saturated heterocycles. The monoisotopic (exact) mass is 460 g/mol. The highest BCUT2D eigenvalue weighted by Crippen LogP contribution is 2.20. The highest BCUT2D eigenvalue weighted by Gasteiger charge is 2.27. The van der Waals surface area contributed by atoms with Crippen molar-refractivity contribution in [3.8, 4) is 5.75 Å². The van der Waals surface area contributed by atoms with Crippen LogP contribution in [-0.4, -0.2) is 35.4 Å². The Hall–Kier alpha value is -2.34. The number of hydrogen-bond acceptors (Lipinski definition) is 3. The second-order valence-electron chi connectivity index (χ2n) is 7.55. The van der Waals surface area contributed by atoms with E-state index in [4.69, 9.17) is 4.74 Å². The van der Waals surface area contributed by atoms with Crippen LogP contribution < -0.4 is 10.1 Å². The summed E-state index contributed by atoms with van der Waals surface area (Å²) in [5.74, 6) is 0.247. The fourth-order valence-corrected chi connectivity index (χ4v) is 3.45. The first-order valence-corrected chi connectivity index (χ1v) is 10.5. The Labute approximate surface area is 181 Å². The summed E-state index contributed by atoms with van der Waals surface area (Å²) < 4.78 is 6.70. The smallest absolute Gasteiger partial charge is 0.261 e. The number of hydrogen-bond donors (Lipinski definition) is 1. The van der Waals surface area contributed by atoms with Gasteiger partial charge in [0.1, 0.15) is 11.8 Å². The van der Waals surface area contributed by atoms with Crippen molar-refractivity contribution in [1.29, 1.82) is 0 Å². The lowest BCUT2D eigenvalue weighted by atomic mass is 10.1. The normalized spacial score (nSPS) is 11.8. The van der Waals surface area contributed by atoms with E-state index < -0.39 is 6.04 Å². The van der Waals surface area contributed by atoms with Gasteiger partial charge in [-0.15, -0.1) is 0 Å². The number of aryl methyl sites for hydroxylation is 2. The maximum Gasteiger partial charge on any atom is 0.261 e. The van der Waals surface area contributed by atoms with E-state index in [2.05, 4.69) is 21.2 Å². The first-order chi connectivity index (χ1) is 13.7. The van der Waals surface area contributed by atoms with Gasteiger partial charge in [-0.3, -0.25) is 9.59 Å². The van der Waals surface area contributed by atoms with E-state index in [1.807, 2.05) is 70.2 Å². The number of carbonyl (C=O) groups excluding carboxylic acids is 2. The Bertz CT molecular complexity index is 867. The molecule has 1 N–H and O–H groups in total. The summed E-state index contributed by atoms with van der Waals surface area (Å²) in [5.41, 5.74) is 3.04. The second-order valence-corrected chi connectivity index (χ2v) is 8.46. The number of nitrogens with zero attached hydrogens (tertiary/aromatic N) is 1. The van der Waals surface area contributed by atoms with Crippen LogP contribution in [0.1, 0.15) is 37.5 Å². The number of ether oxygens (including phenoxy) is 1. The molecule has 2 aromatic carbocycles. The van der Waals surface area contributed by atoms with Crippen molar-refractivity contribution in [2.75, 3.05) is 6.61 Å². The molecule has 0 fully saturated rings. The van der Waals surface area contributed by atoms with Gasteiger partial charge in [-0.25, -0.2) is 0 Å². The van der Waals surface area contributed by atoms with Crippen LogP contribution in [0.5, 0.6) is 5.75 Å². The van der Waals surface area contributed by atoms with Gasteiger partial charge < -0.3 is 15.0 Å². The average Bonchev–Trinajstić information content (AvgIpc) is 2.64. The predicted octanol–water partition coefficient (Wildman–Crippen LogP) is 4.39. The highest BCUT2D eigenvalue weighted by molar-refractivity contribution is 9.10. The van der Waals surface area contributed by atoms with E-state index in [0.717, 1.165) is 21.2 Å². The van der Waals surface area contributed by atoms with Gasteiger partial charge >= 0.3 is 0 Å². The lowest BCUT2D eigenvalue weighted by Gasteiger charge is -2.29. The number of amides is 2. The summed E-state index contributed by atoms with van der Waals surface area (Å²) in [7, 11) is 0. The van der Waals surface area contributed by atoms with Crippen molar-refractivity contribution in [1.82, 2.24) is 10.2 Å². The minimum Gasteiger partial charge on any atom is -0.483 e. The van der Waals surface area contributed by atoms with Gasteiger partial charge in [-0.1, -0.05) is 45.8 Å². The van der Waals surface area contributed by atoms with Gasteiger partial charge in [0.2, 0.25) is 5.91 Å². The van der Waals surface area contributed by atoms with E-state index in [1.54, 1.807) is 11.8 Å². The molecule has 2 aromatic rings. The summed E-state index contributed by atoms with van der Waals surface area (Å²) in [4.78, 5) is 27.2. The van der Waals surface area contributed by atoms with Crippen molar-refractivity contribution in [2.45, 2.75) is 53.2 Å². The zero-order valence-electron chi connectivity index (χ0n) is 17.7. The topological polar surface area (TPSA) is 58.6 Å². The Morgan fingerprint density at radius 1 is 1.10 bits per heavy atom. The van der Waals surface area contributed by atoms with Gasteiger partial charge in [0.15, 0.2) is 6.61 Å². The minimum atomic E-state index is -0.619. The Balaban J connectivity index is 2.17. The van der Waals surface area contributed by atoms with Crippen molar-refractivity contribution < 1.29 is 14.3 Å². The summed E-state index contributed by atoms with van der Waals surface area (Å²) in [6.07, 6.45) is 0. The molecule has 29 heavy (non-hydrogen) atoms. The van der Waals surface area contributed by atoms with E-state index in [9.17, 15) is 9.59 Å². The van der Waals surface area contributed by atoms with E-state index in [-0.39, 0.29) is 24.5 Å². The fraction of sp³-hybridized carbons (Fsp3) is 0.391. The Morgan fingerprint density at radius 2 is 1.83 bits per heavy atom. The van der Waals surface area contributed by atoms with Gasteiger partial charge in [0.25, 0.3) is 5.91 Å². The number of nitrogens with one attached hydrogen (secondary N) is 1. The molecule has 0 radical (unpaired) electrons. The van der Waals surface area contributed by atoms with E-state index in [1.165, 1.54) is 0 Å². The van der Waals surface area contributed by atoms with Gasteiger partial charge in [0.05, 0.1) is 0 Å². The maximum absolute atomic E-state index is 13.0. The molecule has 1 atom stereocenters. The molecule has 6 heteroatoms. The average molecular weight is 461 g/mol. The molecule has 0 saturated carbocycles. The van der Waals surface area contributed by atoms with Crippen molar-refractivity contribution in [3.05, 3.63) is 63.6 Å². The summed E-state index contributed by atoms with van der Waals surface area (Å²) in [5, 5.41) is 2.88.